The van der Waals surface area contributed by atoms with E-state index in [0.717, 1.165) is 17.8 Å². The number of hydrogen-bond acceptors (Lipinski definition) is 3. The van der Waals surface area contributed by atoms with E-state index < -0.39 is 0 Å². The van der Waals surface area contributed by atoms with Gasteiger partial charge in [-0.15, -0.1) is 0 Å². The van der Waals surface area contributed by atoms with Crippen LogP contribution in [0.3, 0.4) is 0 Å². The first-order valence-electron chi connectivity index (χ1n) is 5.85. The highest BCUT2D eigenvalue weighted by Gasteiger charge is 2.03. The first-order chi connectivity index (χ1) is 8.72. The number of hydrogen-bond donors (Lipinski definition) is 2. The van der Waals surface area contributed by atoms with E-state index in [9.17, 15) is 5.11 Å². The fraction of sp³-hybridized carbons (Fsp3) is 0.286. The molecule has 2 rings (SSSR count). The number of nitrogens with one attached hydrogen (secondary N) is 1. The van der Waals surface area contributed by atoms with Gasteiger partial charge in [0.25, 0.3) is 0 Å². The van der Waals surface area contributed by atoms with Crippen LogP contribution < -0.4 is 10.1 Å². The zero-order chi connectivity index (χ0) is 13.0. The number of ether oxygens (including phenoxy) is 1. The molecule has 4 nitrogen and oxygen atoms in total. The van der Waals surface area contributed by atoms with Crippen molar-refractivity contribution in [3.8, 4) is 5.75 Å². The maximum Gasteiger partial charge on any atom is 0.124 e. The standard InChI is InChI=1S/C14H18N2O2/c1-16-6-5-11(9-16)8-15-13-3-4-14(18-2)12(7-13)10-17/h3-7,9,15,17H,8,10H2,1-2H3. The summed E-state index contributed by atoms with van der Waals surface area (Å²) in [5.74, 6) is 0.711. The van der Waals surface area contributed by atoms with Crippen LogP contribution in [-0.2, 0) is 20.2 Å². The van der Waals surface area contributed by atoms with Crippen molar-refractivity contribution in [3.63, 3.8) is 0 Å². The number of anilines is 1. The molecule has 1 aromatic heterocycles. The summed E-state index contributed by atoms with van der Waals surface area (Å²) in [6.45, 7) is 0.738. The minimum Gasteiger partial charge on any atom is -0.496 e. The number of aliphatic hydroxyl groups excluding tert-OH is 1. The zero-order valence-corrected chi connectivity index (χ0v) is 10.7. The number of aliphatic hydroxyl groups is 1. The molecular weight excluding hydrogens is 228 g/mol. The van der Waals surface area contributed by atoms with E-state index in [1.807, 2.05) is 36.0 Å². The van der Waals surface area contributed by atoms with Crippen molar-refractivity contribution in [3.05, 3.63) is 47.8 Å². The molecule has 18 heavy (non-hydrogen) atoms. The summed E-state index contributed by atoms with van der Waals surface area (Å²) < 4.78 is 7.18. The van der Waals surface area contributed by atoms with E-state index in [1.54, 1.807) is 7.11 Å². The van der Waals surface area contributed by atoms with Gasteiger partial charge in [0.1, 0.15) is 5.75 Å². The van der Waals surface area contributed by atoms with E-state index in [4.69, 9.17) is 4.74 Å². The van der Waals surface area contributed by atoms with Crippen molar-refractivity contribution in [2.24, 2.45) is 7.05 Å². The molecule has 2 aromatic rings. The molecule has 0 amide bonds. The third kappa shape index (κ3) is 2.84. The van der Waals surface area contributed by atoms with E-state index in [0.29, 0.717) is 5.75 Å². The molecule has 0 unspecified atom stereocenters. The van der Waals surface area contributed by atoms with Gasteiger partial charge in [-0.25, -0.2) is 0 Å². The topological polar surface area (TPSA) is 46.4 Å². The first-order valence-corrected chi connectivity index (χ1v) is 5.85. The minimum absolute atomic E-state index is 0.0238. The van der Waals surface area contributed by atoms with Gasteiger partial charge in [0.2, 0.25) is 0 Å². The lowest BCUT2D eigenvalue weighted by Crippen LogP contribution is -2.00. The first kappa shape index (κ1) is 12.5. The van der Waals surface area contributed by atoms with Gasteiger partial charge >= 0.3 is 0 Å². The SMILES string of the molecule is COc1ccc(NCc2ccn(C)c2)cc1CO. The van der Waals surface area contributed by atoms with E-state index >= 15 is 0 Å². The molecule has 0 fully saturated rings. The minimum atomic E-state index is -0.0238. The molecule has 0 atom stereocenters. The van der Waals surface area contributed by atoms with Crippen LogP contribution in [0.25, 0.3) is 0 Å². The Bertz CT molecular complexity index is 520. The summed E-state index contributed by atoms with van der Waals surface area (Å²) in [5, 5.41) is 12.6. The molecule has 0 spiro atoms. The molecular formula is C14H18N2O2. The van der Waals surface area contributed by atoms with Crippen LogP contribution in [0.5, 0.6) is 5.75 Å². The van der Waals surface area contributed by atoms with Crippen molar-refractivity contribution >= 4 is 5.69 Å². The maximum atomic E-state index is 9.25. The molecule has 96 valence electrons. The zero-order valence-electron chi connectivity index (χ0n) is 10.7. The average molecular weight is 246 g/mol. The molecule has 1 heterocycles. The van der Waals surface area contributed by atoms with Gasteiger partial charge in [-0.05, 0) is 29.8 Å². The van der Waals surface area contributed by atoms with Crippen LogP contribution in [0.2, 0.25) is 0 Å². The van der Waals surface area contributed by atoms with Crippen LogP contribution in [0.15, 0.2) is 36.7 Å². The Morgan fingerprint density at radius 3 is 2.78 bits per heavy atom. The number of benzene rings is 1. The van der Waals surface area contributed by atoms with E-state index in [2.05, 4.69) is 17.6 Å². The second-order valence-electron chi connectivity index (χ2n) is 4.22. The third-order valence-corrected chi connectivity index (χ3v) is 2.84. The van der Waals surface area contributed by atoms with Gasteiger partial charge in [0.15, 0.2) is 0 Å². The number of aryl methyl sites for hydroxylation is 1. The highest BCUT2D eigenvalue weighted by Crippen LogP contribution is 2.22. The molecule has 0 saturated heterocycles. The maximum absolute atomic E-state index is 9.25. The van der Waals surface area contributed by atoms with Crippen molar-refractivity contribution in [1.82, 2.24) is 4.57 Å². The Hall–Kier alpha value is -1.94. The van der Waals surface area contributed by atoms with Gasteiger partial charge in [-0.1, -0.05) is 0 Å². The van der Waals surface area contributed by atoms with Crippen molar-refractivity contribution in [2.45, 2.75) is 13.2 Å². The fourth-order valence-electron chi connectivity index (χ4n) is 1.88. The normalized spacial score (nSPS) is 10.4. The fourth-order valence-corrected chi connectivity index (χ4v) is 1.88. The van der Waals surface area contributed by atoms with Crippen LogP contribution >= 0.6 is 0 Å². The summed E-state index contributed by atoms with van der Waals surface area (Å²) in [6.07, 6.45) is 4.09. The van der Waals surface area contributed by atoms with Crippen LogP contribution in [0.1, 0.15) is 11.1 Å². The Morgan fingerprint density at radius 1 is 1.33 bits per heavy atom. The molecule has 0 aliphatic heterocycles. The number of methoxy groups -OCH3 is 1. The summed E-state index contributed by atoms with van der Waals surface area (Å²) in [4.78, 5) is 0. The molecule has 0 radical (unpaired) electrons. The van der Waals surface area contributed by atoms with Crippen molar-refractivity contribution in [1.29, 1.82) is 0 Å². The lowest BCUT2D eigenvalue weighted by molar-refractivity contribution is 0.274. The van der Waals surface area contributed by atoms with Crippen molar-refractivity contribution < 1.29 is 9.84 Å². The highest BCUT2D eigenvalue weighted by atomic mass is 16.5. The summed E-state index contributed by atoms with van der Waals surface area (Å²) in [7, 11) is 3.60. The number of aromatic nitrogens is 1. The number of rotatable bonds is 5. The molecule has 0 saturated carbocycles. The Balaban J connectivity index is 2.05. The third-order valence-electron chi connectivity index (χ3n) is 2.84. The van der Waals surface area contributed by atoms with Gasteiger partial charge in [-0.2, -0.15) is 0 Å². The molecule has 0 aliphatic rings. The van der Waals surface area contributed by atoms with Crippen LogP contribution in [0, 0.1) is 0 Å². The lowest BCUT2D eigenvalue weighted by atomic mass is 10.2. The second kappa shape index (κ2) is 5.60. The predicted octanol–water partition coefficient (Wildman–Crippen LogP) is 2.14. The average Bonchev–Trinajstić information content (AvgIpc) is 2.81. The van der Waals surface area contributed by atoms with E-state index in [1.165, 1.54) is 5.56 Å². The van der Waals surface area contributed by atoms with Gasteiger partial charge in [-0.3, -0.25) is 0 Å². The molecule has 2 N–H and O–H groups in total. The monoisotopic (exact) mass is 246 g/mol. The second-order valence-corrected chi connectivity index (χ2v) is 4.22. The molecule has 0 aliphatic carbocycles. The predicted molar refractivity (Wildman–Crippen MR) is 71.7 cm³/mol. The van der Waals surface area contributed by atoms with Gasteiger partial charge < -0.3 is 19.7 Å². The molecule has 0 bridgehead atoms. The van der Waals surface area contributed by atoms with Gasteiger partial charge in [0, 0.05) is 37.2 Å². The summed E-state index contributed by atoms with van der Waals surface area (Å²) in [6, 6.07) is 7.78. The van der Waals surface area contributed by atoms with Gasteiger partial charge in [0.05, 0.1) is 13.7 Å². The van der Waals surface area contributed by atoms with Crippen LogP contribution in [0.4, 0.5) is 5.69 Å². The smallest absolute Gasteiger partial charge is 0.124 e. The highest BCUT2D eigenvalue weighted by molar-refractivity contribution is 5.51. The number of nitrogens with zero attached hydrogens (tertiary/aromatic N) is 1. The summed E-state index contributed by atoms with van der Waals surface area (Å²) in [5.41, 5.74) is 2.98. The van der Waals surface area contributed by atoms with Crippen LogP contribution in [-0.4, -0.2) is 16.8 Å². The molecule has 4 heteroatoms. The van der Waals surface area contributed by atoms with Crippen molar-refractivity contribution in [2.75, 3.05) is 12.4 Å². The quantitative estimate of drug-likeness (QED) is 0.849. The largest absolute Gasteiger partial charge is 0.496 e. The van der Waals surface area contributed by atoms with E-state index in [-0.39, 0.29) is 6.61 Å². The Morgan fingerprint density at radius 2 is 2.17 bits per heavy atom. The Kier molecular flexibility index (Phi) is 3.89. The summed E-state index contributed by atoms with van der Waals surface area (Å²) >= 11 is 0. The lowest BCUT2D eigenvalue weighted by Gasteiger charge is -2.10. The molecule has 1 aromatic carbocycles. The Labute approximate surface area is 107 Å².